The van der Waals surface area contributed by atoms with Crippen molar-refractivity contribution in [3.05, 3.63) is 16.8 Å². The second-order valence-corrected chi connectivity index (χ2v) is 6.17. The fraction of sp³-hybridized carbons (Fsp3) is 0.643. The van der Waals surface area contributed by atoms with Crippen LogP contribution in [0.3, 0.4) is 0 Å². The lowest BCUT2D eigenvalue weighted by Crippen LogP contribution is -2.39. The van der Waals surface area contributed by atoms with Gasteiger partial charge in [0.1, 0.15) is 5.84 Å². The van der Waals surface area contributed by atoms with Gasteiger partial charge in [0.2, 0.25) is 0 Å². The molecule has 3 N–H and O–H groups in total. The molecule has 1 aromatic rings. The molecule has 104 valence electrons. The van der Waals surface area contributed by atoms with E-state index >= 15 is 0 Å². The van der Waals surface area contributed by atoms with Crippen molar-refractivity contribution in [3.63, 3.8) is 0 Å². The Morgan fingerprint density at radius 2 is 1.79 bits per heavy atom. The molecule has 19 heavy (non-hydrogen) atoms. The molecule has 5 nitrogen and oxygen atoms in total. The highest BCUT2D eigenvalue weighted by Crippen LogP contribution is 2.33. The van der Waals surface area contributed by atoms with E-state index in [1.54, 1.807) is 0 Å². The molecule has 0 unspecified atom stereocenters. The molecule has 1 fully saturated rings. The number of piperidine rings is 1. The van der Waals surface area contributed by atoms with Crippen molar-refractivity contribution < 1.29 is 0 Å². The zero-order valence-corrected chi connectivity index (χ0v) is 12.2. The van der Waals surface area contributed by atoms with E-state index in [-0.39, 0.29) is 5.84 Å². The minimum absolute atomic E-state index is 0.0790. The number of hydrogen-bond acceptors (Lipinski definition) is 4. The summed E-state index contributed by atoms with van der Waals surface area (Å²) in [4.78, 5) is 2.21. The van der Waals surface area contributed by atoms with Crippen LogP contribution in [-0.4, -0.2) is 29.1 Å². The van der Waals surface area contributed by atoms with Crippen LogP contribution in [0.25, 0.3) is 0 Å². The first-order valence-corrected chi connectivity index (χ1v) is 6.75. The van der Waals surface area contributed by atoms with Crippen molar-refractivity contribution in [2.24, 2.45) is 11.1 Å². The molecule has 0 saturated carbocycles. The topological polar surface area (TPSA) is 78.9 Å². The van der Waals surface area contributed by atoms with Crippen LogP contribution in [0.1, 0.15) is 43.5 Å². The standard InChI is InChI=1S/C14H23N5/c1-9-10(2)17-18-13(11(9)12(15)16)19-7-5-14(3,4)6-8-19/h5-8H2,1-4H3,(H3,15,16). The molecule has 0 spiro atoms. The second-order valence-electron chi connectivity index (χ2n) is 6.17. The fourth-order valence-corrected chi connectivity index (χ4v) is 2.46. The van der Waals surface area contributed by atoms with E-state index < -0.39 is 0 Å². The molecule has 2 rings (SSSR count). The van der Waals surface area contributed by atoms with Crippen molar-refractivity contribution in [2.45, 2.75) is 40.5 Å². The van der Waals surface area contributed by atoms with E-state index in [1.165, 1.54) is 0 Å². The predicted octanol–water partition coefficient (Wildman–Crippen LogP) is 2.00. The lowest BCUT2D eigenvalue weighted by molar-refractivity contribution is 0.279. The minimum Gasteiger partial charge on any atom is -0.384 e. The number of aryl methyl sites for hydroxylation is 1. The number of aromatic nitrogens is 2. The Bertz CT molecular complexity index is 497. The van der Waals surface area contributed by atoms with Crippen LogP contribution in [0.2, 0.25) is 0 Å². The number of rotatable bonds is 2. The summed E-state index contributed by atoms with van der Waals surface area (Å²) in [6.45, 7) is 10.3. The Balaban J connectivity index is 2.36. The van der Waals surface area contributed by atoms with E-state index in [4.69, 9.17) is 11.1 Å². The quantitative estimate of drug-likeness (QED) is 0.630. The summed E-state index contributed by atoms with van der Waals surface area (Å²) in [5, 5.41) is 16.3. The number of nitrogens with one attached hydrogen (secondary N) is 1. The third kappa shape index (κ3) is 2.69. The molecule has 1 saturated heterocycles. The summed E-state index contributed by atoms with van der Waals surface area (Å²) >= 11 is 0. The maximum absolute atomic E-state index is 7.79. The first-order valence-electron chi connectivity index (χ1n) is 6.75. The SMILES string of the molecule is Cc1nnc(N2CCC(C)(C)CC2)c(C(=N)N)c1C. The van der Waals surface area contributed by atoms with Crippen molar-refractivity contribution in [1.29, 1.82) is 5.41 Å². The van der Waals surface area contributed by atoms with E-state index in [9.17, 15) is 0 Å². The lowest BCUT2D eigenvalue weighted by atomic mass is 9.82. The van der Waals surface area contributed by atoms with Crippen LogP contribution in [0, 0.1) is 24.7 Å². The normalized spacial score (nSPS) is 18.4. The van der Waals surface area contributed by atoms with Gasteiger partial charge in [-0.2, -0.15) is 5.10 Å². The number of nitrogen functional groups attached to an aromatic ring is 1. The molecular weight excluding hydrogens is 238 g/mol. The van der Waals surface area contributed by atoms with E-state index in [0.717, 1.165) is 48.6 Å². The number of hydrogen-bond donors (Lipinski definition) is 2. The highest BCUT2D eigenvalue weighted by Gasteiger charge is 2.28. The lowest BCUT2D eigenvalue weighted by Gasteiger charge is -2.38. The van der Waals surface area contributed by atoms with Crippen molar-refractivity contribution in [3.8, 4) is 0 Å². The summed E-state index contributed by atoms with van der Waals surface area (Å²) in [5.41, 5.74) is 8.66. The maximum atomic E-state index is 7.79. The van der Waals surface area contributed by atoms with Crippen LogP contribution >= 0.6 is 0 Å². The highest BCUT2D eigenvalue weighted by molar-refractivity contribution is 6.01. The van der Waals surface area contributed by atoms with Gasteiger partial charge in [0, 0.05) is 13.1 Å². The van der Waals surface area contributed by atoms with E-state index in [0.29, 0.717) is 5.41 Å². The summed E-state index contributed by atoms with van der Waals surface area (Å²) in [5.74, 6) is 0.849. The van der Waals surface area contributed by atoms with Crippen LogP contribution in [0.4, 0.5) is 5.82 Å². The zero-order chi connectivity index (χ0) is 14.2. The predicted molar refractivity (Wildman–Crippen MR) is 77.8 cm³/mol. The fourth-order valence-electron chi connectivity index (χ4n) is 2.46. The van der Waals surface area contributed by atoms with Crippen LogP contribution in [-0.2, 0) is 0 Å². The van der Waals surface area contributed by atoms with E-state index in [1.807, 2.05) is 13.8 Å². The van der Waals surface area contributed by atoms with Gasteiger partial charge in [-0.05, 0) is 37.7 Å². The average Bonchev–Trinajstić information content (AvgIpc) is 2.32. The van der Waals surface area contributed by atoms with Gasteiger partial charge < -0.3 is 10.6 Å². The molecule has 0 aromatic carbocycles. The van der Waals surface area contributed by atoms with Crippen molar-refractivity contribution in [2.75, 3.05) is 18.0 Å². The summed E-state index contributed by atoms with van der Waals surface area (Å²) in [6, 6.07) is 0. The smallest absolute Gasteiger partial charge is 0.162 e. The van der Waals surface area contributed by atoms with Gasteiger partial charge in [0.15, 0.2) is 5.82 Å². The third-order valence-electron chi connectivity index (χ3n) is 4.12. The molecule has 1 aromatic heterocycles. The average molecular weight is 261 g/mol. The Morgan fingerprint density at radius 1 is 1.21 bits per heavy atom. The highest BCUT2D eigenvalue weighted by atomic mass is 15.3. The van der Waals surface area contributed by atoms with Crippen molar-refractivity contribution >= 4 is 11.7 Å². The van der Waals surface area contributed by atoms with E-state index in [2.05, 4.69) is 28.9 Å². The number of nitrogens with two attached hydrogens (primary N) is 1. The first kappa shape index (κ1) is 13.8. The Kier molecular flexibility index (Phi) is 3.47. The third-order valence-corrected chi connectivity index (χ3v) is 4.12. The largest absolute Gasteiger partial charge is 0.384 e. The molecular formula is C14H23N5. The van der Waals surface area contributed by atoms with Crippen LogP contribution in [0.5, 0.6) is 0 Å². The van der Waals surface area contributed by atoms with Crippen LogP contribution in [0.15, 0.2) is 0 Å². The molecule has 2 heterocycles. The number of nitrogens with zero attached hydrogens (tertiary/aromatic N) is 3. The molecule has 0 amide bonds. The molecule has 0 atom stereocenters. The maximum Gasteiger partial charge on any atom is 0.162 e. The second kappa shape index (κ2) is 4.79. The van der Waals surface area contributed by atoms with Gasteiger partial charge in [-0.25, -0.2) is 0 Å². The minimum atomic E-state index is 0.0790. The molecule has 1 aliphatic heterocycles. The summed E-state index contributed by atoms with van der Waals surface area (Å²) in [6.07, 6.45) is 2.25. The van der Waals surface area contributed by atoms with Crippen molar-refractivity contribution in [1.82, 2.24) is 10.2 Å². The first-order chi connectivity index (χ1) is 8.82. The molecule has 0 radical (unpaired) electrons. The molecule has 0 bridgehead atoms. The zero-order valence-electron chi connectivity index (χ0n) is 12.2. The van der Waals surface area contributed by atoms with Gasteiger partial charge in [-0.15, -0.1) is 5.10 Å². The Hall–Kier alpha value is -1.65. The number of anilines is 1. The van der Waals surface area contributed by atoms with Gasteiger partial charge in [-0.3, -0.25) is 5.41 Å². The van der Waals surface area contributed by atoms with Gasteiger partial charge >= 0.3 is 0 Å². The number of amidine groups is 1. The van der Waals surface area contributed by atoms with Gasteiger partial charge in [0.05, 0.1) is 11.3 Å². The Labute approximate surface area is 114 Å². The van der Waals surface area contributed by atoms with Gasteiger partial charge in [-0.1, -0.05) is 13.8 Å². The molecule has 5 heteroatoms. The Morgan fingerprint density at radius 3 is 2.32 bits per heavy atom. The van der Waals surface area contributed by atoms with Gasteiger partial charge in [0.25, 0.3) is 0 Å². The summed E-state index contributed by atoms with van der Waals surface area (Å²) < 4.78 is 0. The van der Waals surface area contributed by atoms with Crippen LogP contribution < -0.4 is 10.6 Å². The molecule has 1 aliphatic rings. The monoisotopic (exact) mass is 261 g/mol. The summed E-state index contributed by atoms with van der Waals surface area (Å²) in [7, 11) is 0. The molecule has 0 aliphatic carbocycles.